The van der Waals surface area contributed by atoms with Crippen LogP contribution in [0.4, 0.5) is 0 Å². The molecule has 5 atom stereocenters. The fourth-order valence-electron chi connectivity index (χ4n) is 2.55. The Morgan fingerprint density at radius 2 is 1.72 bits per heavy atom. The van der Waals surface area contributed by atoms with E-state index in [0.29, 0.717) is 5.56 Å². The van der Waals surface area contributed by atoms with Gasteiger partial charge in [-0.2, -0.15) is 0 Å². The Morgan fingerprint density at radius 3 is 2.32 bits per heavy atom. The number of ether oxygens (including phenoxy) is 1. The van der Waals surface area contributed by atoms with Gasteiger partial charge in [0.25, 0.3) is 0 Å². The van der Waals surface area contributed by atoms with E-state index >= 15 is 0 Å². The Bertz CT molecular complexity index is 684. The lowest BCUT2D eigenvalue weighted by atomic mass is 9.81. The molecular formula is C16H18O9. The van der Waals surface area contributed by atoms with Crippen LogP contribution in [0.1, 0.15) is 12.0 Å². The van der Waals surface area contributed by atoms with Crippen LogP contribution in [0.25, 0.3) is 6.08 Å². The van der Waals surface area contributed by atoms with Crippen LogP contribution >= 0.6 is 0 Å². The van der Waals surface area contributed by atoms with Crippen molar-refractivity contribution in [3.63, 3.8) is 0 Å². The van der Waals surface area contributed by atoms with Crippen molar-refractivity contribution in [2.75, 3.05) is 0 Å². The summed E-state index contributed by atoms with van der Waals surface area (Å²) in [6.45, 7) is 0. The number of rotatable bonds is 4. The molecule has 0 bridgehead atoms. The summed E-state index contributed by atoms with van der Waals surface area (Å²) in [6.07, 6.45) is -4.45. The molecule has 6 N–H and O–H groups in total. The first kappa shape index (κ1) is 18.7. The zero-order valence-electron chi connectivity index (χ0n) is 12.9. The highest BCUT2D eigenvalue weighted by Crippen LogP contribution is 2.29. The normalized spacial score (nSPS) is 29.5. The Kier molecular flexibility index (Phi) is 5.62. The fourth-order valence-corrected chi connectivity index (χ4v) is 2.55. The second kappa shape index (κ2) is 7.51. The molecule has 1 aliphatic rings. The van der Waals surface area contributed by atoms with Gasteiger partial charge in [-0.3, -0.25) is 4.79 Å². The van der Waals surface area contributed by atoms with E-state index in [-0.39, 0.29) is 17.9 Å². The second-order valence-corrected chi connectivity index (χ2v) is 5.71. The van der Waals surface area contributed by atoms with E-state index < -0.39 is 42.3 Å². The number of aliphatic hydroxyl groups excluding tert-OH is 3. The third kappa shape index (κ3) is 4.27. The van der Waals surface area contributed by atoms with Crippen LogP contribution in [0, 0.1) is 5.92 Å². The van der Waals surface area contributed by atoms with Gasteiger partial charge in [-0.1, -0.05) is 6.07 Å². The summed E-state index contributed by atoms with van der Waals surface area (Å²) in [5.41, 5.74) is 0.385. The maximum Gasteiger partial charge on any atom is 0.331 e. The Morgan fingerprint density at radius 1 is 1.04 bits per heavy atom. The van der Waals surface area contributed by atoms with Crippen molar-refractivity contribution in [1.29, 1.82) is 0 Å². The highest BCUT2D eigenvalue weighted by Gasteiger charge is 2.47. The van der Waals surface area contributed by atoms with Crippen LogP contribution in [0.5, 0.6) is 11.5 Å². The van der Waals surface area contributed by atoms with Gasteiger partial charge in [0.1, 0.15) is 18.3 Å². The number of carbonyl (C=O) groups is 2. The third-order valence-corrected chi connectivity index (χ3v) is 3.98. The van der Waals surface area contributed by atoms with E-state index in [2.05, 4.69) is 0 Å². The number of carbonyl (C=O) groups excluding carboxylic acids is 1. The van der Waals surface area contributed by atoms with Crippen LogP contribution in [0.15, 0.2) is 24.3 Å². The Balaban J connectivity index is 2.04. The quantitative estimate of drug-likeness (QED) is 0.231. The van der Waals surface area contributed by atoms with Gasteiger partial charge in [-0.25, -0.2) is 4.79 Å². The van der Waals surface area contributed by atoms with Gasteiger partial charge in [0.15, 0.2) is 11.5 Å². The third-order valence-electron chi connectivity index (χ3n) is 3.98. The van der Waals surface area contributed by atoms with Crippen molar-refractivity contribution in [2.24, 2.45) is 5.92 Å². The molecule has 0 spiro atoms. The van der Waals surface area contributed by atoms with E-state index in [1.54, 1.807) is 0 Å². The molecule has 1 aromatic rings. The second-order valence-electron chi connectivity index (χ2n) is 5.71. The highest BCUT2D eigenvalue weighted by molar-refractivity contribution is 5.87. The fraction of sp³-hybridized carbons (Fsp3) is 0.375. The maximum absolute atomic E-state index is 11.8. The number of carboxylic acid groups (broad SMARTS) is 1. The van der Waals surface area contributed by atoms with E-state index in [4.69, 9.17) is 9.84 Å². The number of aromatic hydroxyl groups is 2. The predicted octanol–water partition coefficient (Wildman–Crippen LogP) is -0.790. The van der Waals surface area contributed by atoms with Crippen LogP contribution in [-0.4, -0.2) is 67.0 Å². The largest absolute Gasteiger partial charge is 0.504 e. The van der Waals surface area contributed by atoms with Crippen molar-refractivity contribution in [3.05, 3.63) is 29.8 Å². The maximum atomic E-state index is 11.8. The number of aliphatic hydroxyl groups is 3. The number of hydrogen-bond donors (Lipinski definition) is 6. The Labute approximate surface area is 142 Å². The van der Waals surface area contributed by atoms with Gasteiger partial charge in [-0.15, -0.1) is 0 Å². The van der Waals surface area contributed by atoms with Crippen molar-refractivity contribution in [1.82, 2.24) is 0 Å². The van der Waals surface area contributed by atoms with Crippen molar-refractivity contribution in [3.8, 4) is 11.5 Å². The molecule has 0 unspecified atom stereocenters. The minimum Gasteiger partial charge on any atom is -0.504 e. The summed E-state index contributed by atoms with van der Waals surface area (Å²) in [5, 5.41) is 56.7. The molecule has 9 heteroatoms. The molecular weight excluding hydrogens is 336 g/mol. The summed E-state index contributed by atoms with van der Waals surface area (Å²) >= 11 is 0. The highest BCUT2D eigenvalue weighted by atomic mass is 16.6. The van der Waals surface area contributed by atoms with Gasteiger partial charge in [0, 0.05) is 12.5 Å². The smallest absolute Gasteiger partial charge is 0.331 e. The SMILES string of the molecule is O=C(C=Cc1ccc(O)c(O)c1)O[C@@H]1C[C@H](C(=O)O)[C@@H](O)[C@@H](O)[C@H]1O. The van der Waals surface area contributed by atoms with Crippen LogP contribution in [0.2, 0.25) is 0 Å². The lowest BCUT2D eigenvalue weighted by Crippen LogP contribution is -2.56. The number of aliphatic carboxylic acids is 1. The molecule has 2 rings (SSSR count). The number of esters is 1. The summed E-state index contributed by atoms with van der Waals surface area (Å²) in [6, 6.07) is 3.85. The van der Waals surface area contributed by atoms with Gasteiger partial charge in [0.2, 0.25) is 0 Å². The summed E-state index contributed by atoms with van der Waals surface area (Å²) in [7, 11) is 0. The van der Waals surface area contributed by atoms with Crippen molar-refractivity contribution in [2.45, 2.75) is 30.8 Å². The molecule has 0 radical (unpaired) electrons. The van der Waals surface area contributed by atoms with Crippen molar-refractivity contribution >= 4 is 18.0 Å². The molecule has 0 saturated heterocycles. The number of phenolic OH excluding ortho intramolecular Hbond substituents is 2. The first-order valence-electron chi connectivity index (χ1n) is 7.38. The van der Waals surface area contributed by atoms with Gasteiger partial charge >= 0.3 is 11.9 Å². The number of hydrogen-bond acceptors (Lipinski definition) is 8. The molecule has 0 heterocycles. The lowest BCUT2D eigenvalue weighted by molar-refractivity contribution is -0.190. The standard InChI is InChI=1S/C16H18O9/c17-9-3-1-7(5-10(9)18)2-4-12(19)25-11-6-8(16(23)24)13(20)15(22)14(11)21/h1-5,8,11,13-15,17-18,20-22H,6H2,(H,23,24)/t8-,11+,13+,14-,15+/m0/s1. The molecule has 1 fully saturated rings. The van der Waals surface area contributed by atoms with Crippen LogP contribution < -0.4 is 0 Å². The summed E-state index contributed by atoms with van der Waals surface area (Å²) in [5.74, 6) is -4.37. The molecule has 1 saturated carbocycles. The molecule has 0 aromatic heterocycles. The summed E-state index contributed by atoms with van der Waals surface area (Å²) < 4.78 is 4.96. The van der Waals surface area contributed by atoms with E-state index in [0.717, 1.165) is 6.08 Å². The summed E-state index contributed by atoms with van der Waals surface area (Å²) in [4.78, 5) is 22.9. The van der Waals surface area contributed by atoms with E-state index in [9.17, 15) is 35.1 Å². The average molecular weight is 354 g/mol. The van der Waals surface area contributed by atoms with Crippen molar-refractivity contribution < 1.29 is 45.0 Å². The molecule has 0 aliphatic heterocycles. The first-order chi connectivity index (χ1) is 11.7. The first-order valence-corrected chi connectivity index (χ1v) is 7.38. The molecule has 136 valence electrons. The minimum atomic E-state index is -1.76. The lowest BCUT2D eigenvalue weighted by Gasteiger charge is -2.37. The van der Waals surface area contributed by atoms with E-state index in [1.165, 1.54) is 24.3 Å². The average Bonchev–Trinajstić information content (AvgIpc) is 2.56. The minimum absolute atomic E-state index is 0.322. The molecule has 1 aromatic carbocycles. The Hall–Kier alpha value is -2.62. The molecule has 25 heavy (non-hydrogen) atoms. The van der Waals surface area contributed by atoms with E-state index in [1.807, 2.05) is 0 Å². The van der Waals surface area contributed by atoms with Crippen LogP contribution in [-0.2, 0) is 14.3 Å². The zero-order chi connectivity index (χ0) is 18.7. The predicted molar refractivity (Wildman–Crippen MR) is 82.4 cm³/mol. The number of carboxylic acids is 1. The molecule has 0 amide bonds. The van der Waals surface area contributed by atoms with Crippen LogP contribution in [0.3, 0.4) is 0 Å². The van der Waals surface area contributed by atoms with Gasteiger partial charge in [0.05, 0.1) is 12.0 Å². The zero-order valence-corrected chi connectivity index (χ0v) is 12.9. The number of benzene rings is 1. The topological polar surface area (TPSA) is 165 Å². The number of phenols is 2. The molecule has 9 nitrogen and oxygen atoms in total. The van der Waals surface area contributed by atoms with Gasteiger partial charge in [-0.05, 0) is 23.8 Å². The monoisotopic (exact) mass is 354 g/mol. The molecule has 1 aliphatic carbocycles. The van der Waals surface area contributed by atoms with Gasteiger partial charge < -0.3 is 35.4 Å².